The predicted molar refractivity (Wildman–Crippen MR) is 409 cm³/mol. The number of aromatic nitrogens is 1. The summed E-state index contributed by atoms with van der Waals surface area (Å²) < 4.78 is 2.58. The van der Waals surface area contributed by atoms with Crippen LogP contribution in [0.3, 0.4) is 0 Å². The van der Waals surface area contributed by atoms with Crippen LogP contribution in [0.25, 0.3) is 72.0 Å². The van der Waals surface area contributed by atoms with Gasteiger partial charge in [0, 0.05) is 61.5 Å². The number of rotatable bonds is 13. The first-order valence-corrected chi connectivity index (χ1v) is 34.8. The third kappa shape index (κ3) is 11.2. The second-order valence-corrected chi connectivity index (χ2v) is 31.1. The molecular weight excluding hydrogens is 1130 g/mol. The van der Waals surface area contributed by atoms with Crippen molar-refractivity contribution >= 4 is 79.0 Å². The third-order valence-corrected chi connectivity index (χ3v) is 20.3. The van der Waals surface area contributed by atoms with Crippen molar-refractivity contribution in [1.29, 1.82) is 0 Å². The van der Waals surface area contributed by atoms with Crippen LogP contribution in [-0.4, -0.2) is 11.3 Å². The van der Waals surface area contributed by atoms with Crippen LogP contribution in [0.1, 0.15) is 156 Å². The molecule has 0 atom stereocenters. The van der Waals surface area contributed by atoms with Crippen molar-refractivity contribution in [2.24, 2.45) is 0 Å². The van der Waals surface area contributed by atoms with Crippen molar-refractivity contribution in [2.45, 2.75) is 157 Å². The van der Waals surface area contributed by atoms with Gasteiger partial charge in [0.25, 0.3) is 6.71 Å². The van der Waals surface area contributed by atoms with Crippen molar-refractivity contribution in [3.63, 3.8) is 0 Å². The fourth-order valence-corrected chi connectivity index (χ4v) is 15.0. The van der Waals surface area contributed by atoms with Gasteiger partial charge in [-0.25, -0.2) is 0 Å². The number of benzene rings is 11. The van der Waals surface area contributed by atoms with E-state index in [0.717, 1.165) is 44.2 Å². The molecule has 4 heteroatoms. The third-order valence-electron chi connectivity index (χ3n) is 20.3. The van der Waals surface area contributed by atoms with E-state index in [9.17, 15) is 0 Å². The fraction of sp³-hybridized carbons (Fsp3) is 0.267. The van der Waals surface area contributed by atoms with Gasteiger partial charge >= 0.3 is 0 Å². The van der Waals surface area contributed by atoms with E-state index in [4.69, 9.17) is 0 Å². The summed E-state index contributed by atoms with van der Waals surface area (Å²) >= 11 is 0. The molecule has 1 aromatic heterocycles. The molecule has 0 amide bonds. The van der Waals surface area contributed by atoms with Crippen molar-refractivity contribution < 1.29 is 0 Å². The molecule has 0 bridgehead atoms. The van der Waals surface area contributed by atoms with E-state index in [1.54, 1.807) is 0 Å². The molecule has 11 aromatic carbocycles. The first-order valence-electron chi connectivity index (χ1n) is 34.8. The quantitative estimate of drug-likeness (QED) is 0.107. The molecule has 14 rings (SSSR count). The first-order chi connectivity index (χ1) is 45.1. The molecule has 0 spiro atoms. The number of hydrogen-bond donors (Lipinski definition) is 0. The maximum absolute atomic E-state index is 2.77. The smallest absolute Gasteiger partial charge is 0.252 e. The summed E-state index contributed by atoms with van der Waals surface area (Å²) in [6.07, 6.45) is 6.34. The molecule has 2 aliphatic rings. The van der Waals surface area contributed by atoms with Crippen LogP contribution in [0, 0.1) is 0 Å². The Morgan fingerprint density at radius 1 is 0.319 bits per heavy atom. The van der Waals surface area contributed by atoms with Gasteiger partial charge in [-0.3, -0.25) is 0 Å². The van der Waals surface area contributed by atoms with Gasteiger partial charge in [0.15, 0.2) is 0 Å². The minimum atomic E-state index is -0.158. The Labute approximate surface area is 561 Å². The second-order valence-electron chi connectivity index (χ2n) is 31.1. The standard InChI is InChI=1S/C90H92BN3/c1-15-17-31-59-41-45-76-80(49-59)93(85-70(61-33-23-19-24-34-61)54-67(89(9,10)11)55-71(85)62-35-25-20-26-36-62)82-50-60(32-18-16-2)51-83-84(82)91(76)77-46-44-69(92-78-47-42-65(87(3,4)5)52-74(78)75-53-66(88(6,7)8)43-48-79(75)92)58-81(77)94(83)86-72(63-37-27-21-28-38-63)56-68(90(12,13)14)57-73(86)64-39-29-22-30-40-64/h19-30,33-58H,15-18,31-32H2,1-14H3. The van der Waals surface area contributed by atoms with Gasteiger partial charge in [-0.2, -0.15) is 0 Å². The Kier molecular flexibility index (Phi) is 15.9. The number of hydrogen-bond acceptors (Lipinski definition) is 2. The molecule has 3 nitrogen and oxygen atoms in total. The summed E-state index contributed by atoms with van der Waals surface area (Å²) in [6.45, 7) is 32.8. The molecule has 0 N–H and O–H groups in total. The lowest BCUT2D eigenvalue weighted by Gasteiger charge is -2.46. The lowest BCUT2D eigenvalue weighted by atomic mass is 9.33. The molecule has 3 heterocycles. The summed E-state index contributed by atoms with van der Waals surface area (Å²) in [7, 11) is 0. The second kappa shape index (κ2) is 24.0. The highest BCUT2D eigenvalue weighted by atomic mass is 15.2. The van der Waals surface area contributed by atoms with E-state index in [1.807, 2.05) is 0 Å². The number of nitrogens with zero attached hydrogens (tertiary/aromatic N) is 3. The lowest BCUT2D eigenvalue weighted by molar-refractivity contribution is 0.590. The first kappa shape index (κ1) is 62.3. The van der Waals surface area contributed by atoms with Gasteiger partial charge in [0.2, 0.25) is 0 Å². The van der Waals surface area contributed by atoms with E-state index < -0.39 is 0 Å². The molecule has 0 fully saturated rings. The maximum Gasteiger partial charge on any atom is 0.252 e. The van der Waals surface area contributed by atoms with Crippen LogP contribution >= 0.6 is 0 Å². The number of aryl methyl sites for hydroxylation is 2. The predicted octanol–water partition coefficient (Wildman–Crippen LogP) is 23.4. The minimum absolute atomic E-state index is 0.0288. The van der Waals surface area contributed by atoms with E-state index in [2.05, 4.69) is 342 Å². The van der Waals surface area contributed by atoms with E-state index in [1.165, 1.54) is 150 Å². The molecule has 0 radical (unpaired) electrons. The monoisotopic (exact) mass is 1230 g/mol. The van der Waals surface area contributed by atoms with Gasteiger partial charge in [-0.05, 0) is 198 Å². The highest BCUT2D eigenvalue weighted by Crippen LogP contribution is 2.55. The zero-order chi connectivity index (χ0) is 65.6. The lowest BCUT2D eigenvalue weighted by Crippen LogP contribution is -2.61. The molecule has 12 aromatic rings. The van der Waals surface area contributed by atoms with Crippen LogP contribution in [0.2, 0.25) is 0 Å². The molecular formula is C90H92BN3. The van der Waals surface area contributed by atoms with E-state index in [-0.39, 0.29) is 28.4 Å². The van der Waals surface area contributed by atoms with Gasteiger partial charge in [0.05, 0.1) is 22.4 Å². The number of unbranched alkanes of at least 4 members (excludes halogenated alkanes) is 2. The SMILES string of the molecule is CCCCc1ccc2c(c1)N(c1c(-c3ccccc3)cc(C(C)(C)C)cc1-c1ccccc1)c1cc(CCCC)cc3c1B2c1ccc(-n2c4ccc(C(C)(C)C)cc4c4cc(C(C)(C)C)ccc42)cc1N3c1c(-c2ccccc2)cc(C(C)(C)C)cc1-c1ccccc1. The van der Waals surface area contributed by atoms with Gasteiger partial charge in [0.1, 0.15) is 0 Å². The maximum atomic E-state index is 2.77. The Bertz CT molecular complexity index is 4640. The molecule has 470 valence electrons. The molecule has 0 saturated carbocycles. The van der Waals surface area contributed by atoms with Crippen LogP contribution in [0.4, 0.5) is 34.1 Å². The largest absolute Gasteiger partial charge is 0.310 e. The average Bonchev–Trinajstić information content (AvgIpc) is 0.732. The zero-order valence-corrected chi connectivity index (χ0v) is 58.1. The highest BCUT2D eigenvalue weighted by Gasteiger charge is 2.46. The summed E-state index contributed by atoms with van der Waals surface area (Å²) in [5, 5.41) is 2.57. The van der Waals surface area contributed by atoms with Gasteiger partial charge in [-0.1, -0.05) is 261 Å². The Balaban J connectivity index is 1.17. The Hall–Kier alpha value is -9.12. The normalized spacial score (nSPS) is 13.2. The summed E-state index contributed by atoms with van der Waals surface area (Å²) in [5.74, 6) is 0. The van der Waals surface area contributed by atoms with Crippen LogP contribution in [0.5, 0.6) is 0 Å². The van der Waals surface area contributed by atoms with Crippen molar-refractivity contribution in [1.82, 2.24) is 4.57 Å². The van der Waals surface area contributed by atoms with Crippen LogP contribution in [-0.2, 0) is 34.5 Å². The van der Waals surface area contributed by atoms with Crippen molar-refractivity contribution in [2.75, 3.05) is 9.80 Å². The summed E-state index contributed by atoms with van der Waals surface area (Å²) in [5.41, 5.74) is 32.1. The average molecular weight is 1230 g/mol. The van der Waals surface area contributed by atoms with Crippen molar-refractivity contribution in [3.05, 3.63) is 264 Å². The number of anilines is 6. The molecule has 2 aliphatic heterocycles. The summed E-state index contributed by atoms with van der Waals surface area (Å²) in [4.78, 5) is 5.53. The van der Waals surface area contributed by atoms with Gasteiger partial charge in [-0.15, -0.1) is 0 Å². The van der Waals surface area contributed by atoms with Crippen LogP contribution in [0.15, 0.2) is 231 Å². The topological polar surface area (TPSA) is 11.4 Å². The molecule has 0 saturated heterocycles. The van der Waals surface area contributed by atoms with Crippen molar-refractivity contribution in [3.8, 4) is 50.2 Å². The molecule has 0 unspecified atom stereocenters. The zero-order valence-electron chi connectivity index (χ0n) is 58.1. The number of fused-ring (bicyclic) bond motifs is 7. The highest BCUT2D eigenvalue weighted by molar-refractivity contribution is 7.00. The van der Waals surface area contributed by atoms with E-state index in [0.29, 0.717) is 0 Å². The summed E-state index contributed by atoms with van der Waals surface area (Å²) in [6, 6.07) is 90.1. The Morgan fingerprint density at radius 3 is 1.04 bits per heavy atom. The van der Waals surface area contributed by atoms with E-state index >= 15 is 0 Å². The Morgan fingerprint density at radius 2 is 0.670 bits per heavy atom. The fourth-order valence-electron chi connectivity index (χ4n) is 15.0. The minimum Gasteiger partial charge on any atom is -0.310 e. The molecule has 0 aliphatic carbocycles. The molecule has 94 heavy (non-hydrogen) atoms. The van der Waals surface area contributed by atoms with Crippen LogP contribution < -0.4 is 26.2 Å². The van der Waals surface area contributed by atoms with Gasteiger partial charge < -0.3 is 14.4 Å².